The van der Waals surface area contributed by atoms with Crippen molar-refractivity contribution in [3.63, 3.8) is 0 Å². The summed E-state index contributed by atoms with van der Waals surface area (Å²) in [5.41, 5.74) is 0.376. The van der Waals surface area contributed by atoms with Crippen LogP contribution in [-0.2, 0) is 29.1 Å². The van der Waals surface area contributed by atoms with Gasteiger partial charge in [-0.15, -0.1) is 0 Å². The van der Waals surface area contributed by atoms with E-state index in [1.54, 1.807) is 0 Å². The SMILES string of the molecule is COC(=O)C1CCN(S(=O)(=O)c2ccc(N3C(=O)CCC3=O)cc2)CC1. The molecule has 2 heterocycles. The molecule has 2 fully saturated rings. The first-order valence-corrected chi connectivity index (χ1v) is 9.82. The molecule has 0 bridgehead atoms. The molecule has 2 aliphatic heterocycles. The minimum atomic E-state index is -3.69. The zero-order chi connectivity index (χ0) is 18.9. The maximum absolute atomic E-state index is 12.8. The number of benzene rings is 1. The average Bonchev–Trinajstić information content (AvgIpc) is 2.99. The number of methoxy groups -OCH3 is 1. The smallest absolute Gasteiger partial charge is 0.308 e. The summed E-state index contributed by atoms with van der Waals surface area (Å²) in [6.07, 6.45) is 1.18. The van der Waals surface area contributed by atoms with Gasteiger partial charge in [0.05, 0.1) is 23.6 Å². The van der Waals surface area contributed by atoms with Crippen LogP contribution in [0.25, 0.3) is 0 Å². The van der Waals surface area contributed by atoms with Gasteiger partial charge in [0.25, 0.3) is 0 Å². The number of imide groups is 1. The first-order chi connectivity index (χ1) is 12.3. The van der Waals surface area contributed by atoms with Gasteiger partial charge in [-0.3, -0.25) is 19.3 Å². The number of sulfonamides is 1. The molecule has 0 unspecified atom stereocenters. The van der Waals surface area contributed by atoms with Crippen molar-refractivity contribution in [3.05, 3.63) is 24.3 Å². The van der Waals surface area contributed by atoms with E-state index in [-0.39, 0.29) is 54.5 Å². The molecule has 2 saturated heterocycles. The number of hydrogen-bond acceptors (Lipinski definition) is 6. The highest BCUT2D eigenvalue weighted by atomic mass is 32.2. The lowest BCUT2D eigenvalue weighted by Gasteiger charge is -2.30. The second kappa shape index (κ2) is 7.16. The van der Waals surface area contributed by atoms with Crippen molar-refractivity contribution in [1.29, 1.82) is 0 Å². The van der Waals surface area contributed by atoms with Gasteiger partial charge in [-0.05, 0) is 37.1 Å². The summed E-state index contributed by atoms with van der Waals surface area (Å²) in [6.45, 7) is 0.486. The molecular weight excluding hydrogens is 360 g/mol. The molecule has 0 aromatic heterocycles. The van der Waals surface area contributed by atoms with Crippen LogP contribution in [0.1, 0.15) is 25.7 Å². The minimum Gasteiger partial charge on any atom is -0.469 e. The Morgan fingerprint density at radius 3 is 2.08 bits per heavy atom. The molecule has 26 heavy (non-hydrogen) atoms. The topological polar surface area (TPSA) is 101 Å². The van der Waals surface area contributed by atoms with E-state index in [1.165, 1.54) is 35.7 Å². The molecule has 1 aromatic carbocycles. The van der Waals surface area contributed by atoms with Crippen LogP contribution >= 0.6 is 0 Å². The number of anilines is 1. The third-order valence-corrected chi connectivity index (χ3v) is 6.69. The summed E-state index contributed by atoms with van der Waals surface area (Å²) in [5, 5.41) is 0. The number of hydrogen-bond donors (Lipinski definition) is 0. The normalized spacial score (nSPS) is 19.8. The van der Waals surface area contributed by atoms with Crippen LogP contribution in [0.15, 0.2) is 29.2 Å². The predicted octanol–water partition coefficient (Wildman–Crippen LogP) is 0.914. The number of nitrogens with zero attached hydrogens (tertiary/aromatic N) is 2. The Labute approximate surface area is 151 Å². The lowest BCUT2D eigenvalue weighted by atomic mass is 9.99. The minimum absolute atomic E-state index is 0.0943. The number of amides is 2. The number of carbonyl (C=O) groups excluding carboxylic acids is 3. The molecule has 0 N–H and O–H groups in total. The van der Waals surface area contributed by atoms with Crippen LogP contribution in [0.4, 0.5) is 5.69 Å². The average molecular weight is 380 g/mol. The Morgan fingerprint density at radius 2 is 1.58 bits per heavy atom. The Hall–Kier alpha value is -2.26. The van der Waals surface area contributed by atoms with Crippen molar-refractivity contribution in [3.8, 4) is 0 Å². The quantitative estimate of drug-likeness (QED) is 0.569. The molecule has 8 nitrogen and oxygen atoms in total. The molecule has 0 spiro atoms. The molecule has 3 rings (SSSR count). The first-order valence-electron chi connectivity index (χ1n) is 8.38. The van der Waals surface area contributed by atoms with Gasteiger partial charge in [0.2, 0.25) is 21.8 Å². The predicted molar refractivity (Wildman–Crippen MR) is 91.7 cm³/mol. The molecule has 1 aromatic rings. The number of carbonyl (C=O) groups is 3. The Kier molecular flexibility index (Phi) is 5.10. The van der Waals surface area contributed by atoms with E-state index in [4.69, 9.17) is 4.74 Å². The highest BCUT2D eigenvalue weighted by molar-refractivity contribution is 7.89. The molecule has 0 radical (unpaired) electrons. The van der Waals surface area contributed by atoms with E-state index in [0.717, 1.165) is 4.90 Å². The second-order valence-electron chi connectivity index (χ2n) is 6.32. The van der Waals surface area contributed by atoms with Crippen LogP contribution in [0.3, 0.4) is 0 Å². The van der Waals surface area contributed by atoms with Crippen molar-refractivity contribution in [2.75, 3.05) is 25.1 Å². The summed E-state index contributed by atoms with van der Waals surface area (Å²) >= 11 is 0. The third kappa shape index (κ3) is 3.36. The highest BCUT2D eigenvalue weighted by Gasteiger charge is 2.33. The summed E-state index contributed by atoms with van der Waals surface area (Å²) in [4.78, 5) is 36.3. The number of ether oxygens (including phenoxy) is 1. The number of esters is 1. The van der Waals surface area contributed by atoms with Crippen LogP contribution < -0.4 is 4.90 Å². The molecule has 2 aliphatic rings. The van der Waals surface area contributed by atoms with Gasteiger partial charge in [-0.25, -0.2) is 8.42 Å². The van der Waals surface area contributed by atoms with E-state index < -0.39 is 10.0 Å². The van der Waals surface area contributed by atoms with Crippen molar-refractivity contribution >= 4 is 33.5 Å². The molecule has 0 saturated carbocycles. The van der Waals surface area contributed by atoms with Gasteiger partial charge in [-0.2, -0.15) is 4.31 Å². The second-order valence-corrected chi connectivity index (χ2v) is 8.26. The summed E-state index contributed by atoms with van der Waals surface area (Å²) in [6, 6.07) is 5.73. The molecule has 2 amide bonds. The van der Waals surface area contributed by atoms with Crippen LogP contribution in [-0.4, -0.2) is 50.7 Å². The summed E-state index contributed by atoms with van der Waals surface area (Å²) in [5.74, 6) is -1.15. The van der Waals surface area contributed by atoms with Gasteiger partial charge >= 0.3 is 5.97 Å². The van der Waals surface area contributed by atoms with E-state index in [1.807, 2.05) is 0 Å². The van der Waals surface area contributed by atoms with Gasteiger partial charge < -0.3 is 4.74 Å². The molecule has 0 aliphatic carbocycles. The fourth-order valence-corrected chi connectivity index (χ4v) is 4.75. The highest BCUT2D eigenvalue weighted by Crippen LogP contribution is 2.27. The Bertz CT molecular complexity index is 809. The summed E-state index contributed by atoms with van der Waals surface area (Å²) in [7, 11) is -2.37. The van der Waals surface area contributed by atoms with Gasteiger partial charge in [0, 0.05) is 25.9 Å². The van der Waals surface area contributed by atoms with Crippen molar-refractivity contribution in [1.82, 2.24) is 4.31 Å². The van der Waals surface area contributed by atoms with E-state index in [9.17, 15) is 22.8 Å². The number of piperidine rings is 1. The Balaban J connectivity index is 1.73. The fraction of sp³-hybridized carbons (Fsp3) is 0.471. The van der Waals surface area contributed by atoms with Gasteiger partial charge in [0.1, 0.15) is 0 Å². The van der Waals surface area contributed by atoms with Crippen LogP contribution in [0, 0.1) is 5.92 Å². The van der Waals surface area contributed by atoms with Crippen molar-refractivity contribution in [2.24, 2.45) is 5.92 Å². The monoisotopic (exact) mass is 380 g/mol. The maximum atomic E-state index is 12.8. The first kappa shape index (κ1) is 18.5. The van der Waals surface area contributed by atoms with E-state index in [0.29, 0.717) is 18.5 Å². The fourth-order valence-electron chi connectivity index (χ4n) is 3.28. The van der Waals surface area contributed by atoms with Crippen molar-refractivity contribution in [2.45, 2.75) is 30.6 Å². The number of rotatable bonds is 4. The molecule has 140 valence electrons. The summed E-state index contributed by atoms with van der Waals surface area (Å²) < 4.78 is 31.6. The lowest BCUT2D eigenvalue weighted by molar-refractivity contribution is -0.146. The van der Waals surface area contributed by atoms with Gasteiger partial charge in [0.15, 0.2) is 0 Å². The van der Waals surface area contributed by atoms with E-state index >= 15 is 0 Å². The maximum Gasteiger partial charge on any atom is 0.308 e. The van der Waals surface area contributed by atoms with Crippen LogP contribution in [0.5, 0.6) is 0 Å². The Morgan fingerprint density at radius 1 is 1.04 bits per heavy atom. The zero-order valence-electron chi connectivity index (χ0n) is 14.4. The standard InChI is InChI=1S/C17H20N2O6S/c1-25-17(22)12-8-10-18(11-9-12)26(23,24)14-4-2-13(3-5-14)19-15(20)6-7-16(19)21/h2-5,12H,6-11H2,1H3. The van der Waals surface area contributed by atoms with Gasteiger partial charge in [-0.1, -0.05) is 0 Å². The molecule has 9 heteroatoms. The van der Waals surface area contributed by atoms with Crippen LogP contribution in [0.2, 0.25) is 0 Å². The van der Waals surface area contributed by atoms with Crippen molar-refractivity contribution < 1.29 is 27.5 Å². The van der Waals surface area contributed by atoms with E-state index in [2.05, 4.69) is 0 Å². The molecular formula is C17H20N2O6S. The largest absolute Gasteiger partial charge is 0.469 e. The third-order valence-electron chi connectivity index (χ3n) is 4.77. The molecule has 0 atom stereocenters. The zero-order valence-corrected chi connectivity index (χ0v) is 15.2. The lowest BCUT2D eigenvalue weighted by Crippen LogP contribution is -2.40.